The Kier molecular flexibility index (Phi) is 6.06. The standard InChI is InChI=1S/C24H24F2N2O3/c1-13-11-27-12-15-7-6-8-17(20(13)15)22(29)21-18(25)9-16(10-19(21)26)14(2)28-23(30)31-24(3,4)5/h6-12,14H,1-5H3,(H,28,30)/t14-/m0/s1. The van der Waals surface area contributed by atoms with Crippen LogP contribution in [0.1, 0.15) is 60.8 Å². The third-order valence-electron chi connectivity index (χ3n) is 4.74. The topological polar surface area (TPSA) is 68.3 Å². The zero-order chi connectivity index (χ0) is 22.9. The van der Waals surface area contributed by atoms with Crippen LogP contribution in [-0.2, 0) is 4.74 Å². The minimum atomic E-state index is -0.999. The predicted octanol–water partition coefficient (Wildman–Crippen LogP) is 5.64. The van der Waals surface area contributed by atoms with Crippen molar-refractivity contribution >= 4 is 22.6 Å². The van der Waals surface area contributed by atoms with Gasteiger partial charge >= 0.3 is 6.09 Å². The van der Waals surface area contributed by atoms with Crippen molar-refractivity contribution in [2.75, 3.05) is 0 Å². The maximum Gasteiger partial charge on any atom is 0.408 e. The van der Waals surface area contributed by atoms with E-state index in [0.29, 0.717) is 10.8 Å². The van der Waals surface area contributed by atoms with Crippen LogP contribution in [0.2, 0.25) is 0 Å². The summed E-state index contributed by atoms with van der Waals surface area (Å²) in [5, 5.41) is 3.84. The lowest BCUT2D eigenvalue weighted by Gasteiger charge is -2.22. The zero-order valence-corrected chi connectivity index (χ0v) is 18.0. The van der Waals surface area contributed by atoms with Crippen molar-refractivity contribution in [3.8, 4) is 0 Å². The molecule has 162 valence electrons. The molecular weight excluding hydrogens is 402 g/mol. The molecule has 3 rings (SSSR count). The summed E-state index contributed by atoms with van der Waals surface area (Å²) >= 11 is 0. The van der Waals surface area contributed by atoms with E-state index < -0.39 is 40.7 Å². The minimum absolute atomic E-state index is 0.177. The molecule has 5 nitrogen and oxygen atoms in total. The highest BCUT2D eigenvalue weighted by Crippen LogP contribution is 2.27. The Morgan fingerprint density at radius 1 is 1.10 bits per heavy atom. The van der Waals surface area contributed by atoms with E-state index in [1.807, 2.05) is 0 Å². The number of hydrogen-bond acceptors (Lipinski definition) is 4. The van der Waals surface area contributed by atoms with Crippen molar-refractivity contribution in [1.82, 2.24) is 10.3 Å². The molecule has 0 aliphatic rings. The summed E-state index contributed by atoms with van der Waals surface area (Å²) < 4.78 is 35.0. The van der Waals surface area contributed by atoms with Crippen LogP contribution in [0.3, 0.4) is 0 Å². The van der Waals surface area contributed by atoms with Gasteiger partial charge in [-0.05, 0) is 63.3 Å². The fourth-order valence-corrected chi connectivity index (χ4v) is 3.36. The normalized spacial score (nSPS) is 12.5. The first-order chi connectivity index (χ1) is 14.5. The first-order valence-electron chi connectivity index (χ1n) is 9.84. The first kappa shape index (κ1) is 22.3. The Hall–Kier alpha value is -3.35. The Balaban J connectivity index is 1.95. The van der Waals surface area contributed by atoms with Crippen LogP contribution in [0.5, 0.6) is 0 Å². The molecule has 0 fully saturated rings. The summed E-state index contributed by atoms with van der Waals surface area (Å²) in [6, 6.07) is 6.35. The number of ketones is 1. The summed E-state index contributed by atoms with van der Waals surface area (Å²) in [5.74, 6) is -2.75. The maximum absolute atomic E-state index is 14.9. The number of benzene rings is 2. The number of carbonyl (C=O) groups excluding carboxylic acids is 2. The lowest BCUT2D eigenvalue weighted by Crippen LogP contribution is -2.34. The van der Waals surface area contributed by atoms with Crippen LogP contribution in [0.15, 0.2) is 42.7 Å². The van der Waals surface area contributed by atoms with Gasteiger partial charge in [0.1, 0.15) is 17.2 Å². The number of carbonyl (C=O) groups is 2. The Bertz CT molecular complexity index is 1140. The molecule has 0 aliphatic carbocycles. The van der Waals surface area contributed by atoms with Crippen molar-refractivity contribution in [3.63, 3.8) is 0 Å². The number of halogens is 2. The maximum atomic E-state index is 14.9. The van der Waals surface area contributed by atoms with Crippen LogP contribution >= 0.6 is 0 Å². The van der Waals surface area contributed by atoms with E-state index >= 15 is 0 Å². The molecular formula is C24H24F2N2O3. The van der Waals surface area contributed by atoms with Crippen LogP contribution in [0, 0.1) is 18.6 Å². The second kappa shape index (κ2) is 8.41. The highest BCUT2D eigenvalue weighted by molar-refractivity contribution is 6.17. The SMILES string of the molecule is Cc1cncc2cccc(C(=O)c3c(F)cc([C@H](C)NC(=O)OC(C)(C)C)cc3F)c12. The molecule has 0 saturated carbocycles. The van der Waals surface area contributed by atoms with Gasteiger partial charge in [0.15, 0.2) is 5.78 Å². The van der Waals surface area contributed by atoms with Gasteiger partial charge in [-0.25, -0.2) is 13.6 Å². The third kappa shape index (κ3) is 4.87. The Labute approximate surface area is 179 Å². The van der Waals surface area contributed by atoms with Crippen molar-refractivity contribution in [3.05, 3.63) is 76.6 Å². The molecule has 1 heterocycles. The van der Waals surface area contributed by atoms with E-state index in [2.05, 4.69) is 10.3 Å². The second-order valence-corrected chi connectivity index (χ2v) is 8.42. The van der Waals surface area contributed by atoms with Crippen molar-refractivity contribution in [1.29, 1.82) is 0 Å². The molecule has 31 heavy (non-hydrogen) atoms. The fourth-order valence-electron chi connectivity index (χ4n) is 3.36. The molecule has 1 N–H and O–H groups in total. The molecule has 1 atom stereocenters. The summed E-state index contributed by atoms with van der Waals surface area (Å²) in [4.78, 5) is 29.1. The number of pyridine rings is 1. The number of alkyl carbamates (subject to hydrolysis) is 1. The van der Waals surface area contributed by atoms with Crippen LogP contribution in [-0.4, -0.2) is 22.5 Å². The van der Waals surface area contributed by atoms with E-state index in [0.717, 1.165) is 17.7 Å². The average Bonchev–Trinajstić information content (AvgIpc) is 2.65. The van der Waals surface area contributed by atoms with Crippen LogP contribution < -0.4 is 5.32 Å². The van der Waals surface area contributed by atoms with Gasteiger partial charge in [0.2, 0.25) is 0 Å². The number of aryl methyl sites for hydroxylation is 1. The zero-order valence-electron chi connectivity index (χ0n) is 18.0. The Morgan fingerprint density at radius 3 is 2.35 bits per heavy atom. The first-order valence-corrected chi connectivity index (χ1v) is 9.84. The summed E-state index contributed by atoms with van der Waals surface area (Å²) in [6.07, 6.45) is 2.48. The number of nitrogens with zero attached hydrogens (tertiary/aromatic N) is 1. The number of fused-ring (bicyclic) bond motifs is 1. The second-order valence-electron chi connectivity index (χ2n) is 8.42. The molecule has 0 bridgehead atoms. The van der Waals surface area contributed by atoms with Crippen LogP contribution in [0.25, 0.3) is 10.8 Å². The van der Waals surface area contributed by atoms with Crippen molar-refractivity contribution < 1.29 is 23.1 Å². The van der Waals surface area contributed by atoms with Gasteiger partial charge in [-0.1, -0.05) is 18.2 Å². The molecule has 1 amide bonds. The van der Waals surface area contributed by atoms with Gasteiger partial charge in [-0.15, -0.1) is 0 Å². The van der Waals surface area contributed by atoms with Gasteiger partial charge in [0, 0.05) is 23.3 Å². The molecule has 0 saturated heterocycles. The quantitative estimate of drug-likeness (QED) is 0.549. The van der Waals surface area contributed by atoms with E-state index in [4.69, 9.17) is 4.74 Å². The lowest BCUT2D eigenvalue weighted by atomic mass is 9.94. The van der Waals surface area contributed by atoms with E-state index in [9.17, 15) is 18.4 Å². The smallest absolute Gasteiger partial charge is 0.408 e. The van der Waals surface area contributed by atoms with Gasteiger partial charge < -0.3 is 10.1 Å². The van der Waals surface area contributed by atoms with E-state index in [-0.39, 0.29) is 11.1 Å². The highest BCUT2D eigenvalue weighted by Gasteiger charge is 2.25. The summed E-state index contributed by atoms with van der Waals surface area (Å²) in [6.45, 7) is 8.48. The van der Waals surface area contributed by atoms with Gasteiger partial charge in [-0.3, -0.25) is 9.78 Å². The monoisotopic (exact) mass is 426 g/mol. The Morgan fingerprint density at radius 2 is 1.74 bits per heavy atom. The minimum Gasteiger partial charge on any atom is -0.444 e. The average molecular weight is 426 g/mol. The number of amides is 1. The van der Waals surface area contributed by atoms with Crippen molar-refractivity contribution in [2.24, 2.45) is 0 Å². The number of nitrogens with one attached hydrogen (secondary N) is 1. The highest BCUT2D eigenvalue weighted by atomic mass is 19.1. The molecule has 0 unspecified atom stereocenters. The summed E-state index contributed by atoms with van der Waals surface area (Å²) in [7, 11) is 0. The molecule has 2 aromatic carbocycles. The third-order valence-corrected chi connectivity index (χ3v) is 4.74. The summed E-state index contributed by atoms with van der Waals surface area (Å²) in [5.41, 5.74) is -0.243. The fraction of sp³-hybridized carbons (Fsp3) is 0.292. The van der Waals surface area contributed by atoms with Gasteiger partial charge in [0.25, 0.3) is 0 Å². The number of rotatable bonds is 4. The lowest BCUT2D eigenvalue weighted by molar-refractivity contribution is 0.0507. The predicted molar refractivity (Wildman–Crippen MR) is 114 cm³/mol. The largest absolute Gasteiger partial charge is 0.444 e. The number of hydrogen-bond donors (Lipinski definition) is 1. The van der Waals surface area contributed by atoms with Gasteiger partial charge in [0.05, 0.1) is 11.6 Å². The van der Waals surface area contributed by atoms with E-state index in [1.54, 1.807) is 59.1 Å². The molecule has 0 radical (unpaired) electrons. The number of aromatic nitrogens is 1. The van der Waals surface area contributed by atoms with Crippen LogP contribution in [0.4, 0.5) is 13.6 Å². The molecule has 7 heteroatoms. The molecule has 0 spiro atoms. The van der Waals surface area contributed by atoms with E-state index in [1.165, 1.54) is 6.07 Å². The van der Waals surface area contributed by atoms with Gasteiger partial charge in [-0.2, -0.15) is 0 Å². The van der Waals surface area contributed by atoms with Crippen molar-refractivity contribution in [2.45, 2.75) is 46.3 Å². The molecule has 3 aromatic rings. The molecule has 0 aliphatic heterocycles. The number of ether oxygens (including phenoxy) is 1. The molecule has 1 aromatic heterocycles.